The number of rotatable bonds is 2. The summed E-state index contributed by atoms with van der Waals surface area (Å²) in [5.74, 6) is 1.04. The molecule has 6 nitrogen and oxygen atoms in total. The van der Waals surface area contributed by atoms with Gasteiger partial charge in [0.15, 0.2) is 0 Å². The molecule has 2 heterocycles. The zero-order valence-electron chi connectivity index (χ0n) is 13.5. The minimum atomic E-state index is -0.629. The number of carbonyl (C=O) groups excluding carboxylic acids is 1. The zero-order valence-corrected chi connectivity index (χ0v) is 13.5. The second-order valence-electron chi connectivity index (χ2n) is 6.55. The number of hydrogen-bond acceptors (Lipinski definition) is 5. The summed E-state index contributed by atoms with van der Waals surface area (Å²) in [6.07, 6.45) is 3.32. The van der Waals surface area contributed by atoms with Gasteiger partial charge in [0, 0.05) is 25.3 Å². The lowest BCUT2D eigenvalue weighted by molar-refractivity contribution is -0.154. The Morgan fingerprint density at radius 3 is 2.38 bits per heavy atom. The summed E-state index contributed by atoms with van der Waals surface area (Å²) >= 11 is 0. The largest absolute Gasteiger partial charge is 0.528 e. The molecule has 0 radical (unpaired) electrons. The number of aryl methyl sites for hydroxylation is 2. The molecule has 1 aliphatic rings. The van der Waals surface area contributed by atoms with Gasteiger partial charge in [-0.15, -0.1) is 5.06 Å². The van der Waals surface area contributed by atoms with Gasteiger partial charge in [0.05, 0.1) is 5.69 Å². The van der Waals surface area contributed by atoms with E-state index in [0.717, 1.165) is 24.4 Å². The van der Waals surface area contributed by atoms with Crippen molar-refractivity contribution in [2.75, 3.05) is 13.1 Å². The van der Waals surface area contributed by atoms with Gasteiger partial charge in [0.25, 0.3) is 0 Å². The summed E-state index contributed by atoms with van der Waals surface area (Å²) in [7, 11) is 0. The second-order valence-corrected chi connectivity index (χ2v) is 6.55. The summed E-state index contributed by atoms with van der Waals surface area (Å²) in [4.78, 5) is 21.3. The first-order valence-corrected chi connectivity index (χ1v) is 7.42. The van der Waals surface area contributed by atoms with E-state index < -0.39 is 11.8 Å². The molecule has 118 valence electrons. The third-order valence-electron chi connectivity index (χ3n) is 3.45. The molecule has 0 bridgehead atoms. The Kier molecular flexibility index (Phi) is 4.56. The molecule has 1 aliphatic heterocycles. The van der Waals surface area contributed by atoms with E-state index in [2.05, 4.69) is 15.7 Å². The molecular weight excluding hydrogens is 270 g/mol. The predicted molar refractivity (Wildman–Crippen MR) is 78.9 cm³/mol. The van der Waals surface area contributed by atoms with Crippen LogP contribution in [0.5, 0.6) is 0 Å². The van der Waals surface area contributed by atoms with Crippen LogP contribution >= 0.6 is 0 Å². The summed E-state index contributed by atoms with van der Waals surface area (Å²) in [6.45, 7) is 10.9. The fourth-order valence-electron chi connectivity index (χ4n) is 2.59. The highest BCUT2D eigenvalue weighted by molar-refractivity contribution is 5.60. The lowest BCUT2D eigenvalue weighted by Crippen LogP contribution is -2.38. The van der Waals surface area contributed by atoms with Crippen molar-refractivity contribution in [1.29, 1.82) is 0 Å². The quantitative estimate of drug-likeness (QED) is 0.785. The third-order valence-corrected chi connectivity index (χ3v) is 3.45. The number of carbonyl (C=O) groups is 1. The molecule has 0 amide bonds. The third kappa shape index (κ3) is 4.46. The maximum atomic E-state index is 11.6. The number of aromatic nitrogens is 2. The van der Waals surface area contributed by atoms with E-state index >= 15 is 0 Å². The van der Waals surface area contributed by atoms with Crippen LogP contribution in [0.25, 0.3) is 0 Å². The van der Waals surface area contributed by atoms with Crippen LogP contribution in [-0.4, -0.2) is 39.5 Å². The van der Waals surface area contributed by atoms with E-state index in [1.165, 1.54) is 0 Å². The molecule has 0 atom stereocenters. The molecule has 1 saturated heterocycles. The highest BCUT2D eigenvalue weighted by atomic mass is 16.8. The number of nitrogens with zero attached hydrogens (tertiary/aromatic N) is 3. The molecule has 1 fully saturated rings. The number of ether oxygens (including phenoxy) is 1. The van der Waals surface area contributed by atoms with Gasteiger partial charge in [-0.2, -0.15) is 0 Å². The number of imidazole rings is 1. The van der Waals surface area contributed by atoms with Crippen LogP contribution in [0.3, 0.4) is 0 Å². The van der Waals surface area contributed by atoms with Crippen molar-refractivity contribution in [3.63, 3.8) is 0 Å². The maximum Gasteiger partial charge on any atom is 0.528 e. The van der Waals surface area contributed by atoms with Crippen molar-refractivity contribution in [1.82, 2.24) is 14.6 Å². The number of hydrogen-bond donors (Lipinski definition) is 0. The Morgan fingerprint density at radius 2 is 1.90 bits per heavy atom. The maximum absolute atomic E-state index is 11.6. The SMILES string of the molecule is Cc1cn(C2CCN(OC(=O)OC(C)(C)C)CC2)c(C)n1. The molecule has 2 rings (SSSR count). The fraction of sp³-hybridized carbons (Fsp3) is 0.733. The molecular formula is C15H25N3O3. The second kappa shape index (κ2) is 6.05. The van der Waals surface area contributed by atoms with Crippen molar-refractivity contribution in [2.24, 2.45) is 0 Å². The Morgan fingerprint density at radius 1 is 1.29 bits per heavy atom. The van der Waals surface area contributed by atoms with E-state index in [-0.39, 0.29) is 0 Å². The van der Waals surface area contributed by atoms with Crippen molar-refractivity contribution in [2.45, 2.75) is 59.1 Å². The van der Waals surface area contributed by atoms with Crippen LogP contribution in [0.4, 0.5) is 4.79 Å². The normalized spacial score (nSPS) is 17.8. The summed E-state index contributed by atoms with van der Waals surface area (Å²) < 4.78 is 7.38. The van der Waals surface area contributed by atoms with E-state index in [9.17, 15) is 4.79 Å². The molecule has 1 aromatic heterocycles. The summed E-state index contributed by atoms with van der Waals surface area (Å²) in [6, 6.07) is 0.421. The smallest absolute Gasteiger partial charge is 0.427 e. The van der Waals surface area contributed by atoms with Crippen LogP contribution in [0, 0.1) is 13.8 Å². The number of piperidine rings is 1. The van der Waals surface area contributed by atoms with Gasteiger partial charge in [-0.3, -0.25) is 0 Å². The molecule has 0 aliphatic carbocycles. The topological polar surface area (TPSA) is 56.6 Å². The van der Waals surface area contributed by atoms with Crippen LogP contribution in [-0.2, 0) is 9.57 Å². The first-order chi connectivity index (χ1) is 9.74. The first-order valence-electron chi connectivity index (χ1n) is 7.42. The average molecular weight is 295 g/mol. The minimum absolute atomic E-state index is 0.421. The molecule has 0 saturated carbocycles. The lowest BCUT2D eigenvalue weighted by atomic mass is 10.1. The van der Waals surface area contributed by atoms with Gasteiger partial charge in [-0.1, -0.05) is 0 Å². The fourth-order valence-corrected chi connectivity index (χ4v) is 2.59. The Hall–Kier alpha value is -1.56. The lowest BCUT2D eigenvalue weighted by Gasteiger charge is -2.32. The van der Waals surface area contributed by atoms with Gasteiger partial charge in [-0.25, -0.2) is 9.78 Å². The zero-order chi connectivity index (χ0) is 15.6. The average Bonchev–Trinajstić information content (AvgIpc) is 2.67. The molecule has 6 heteroatoms. The molecule has 0 N–H and O–H groups in total. The van der Waals surface area contributed by atoms with E-state index in [0.29, 0.717) is 19.1 Å². The van der Waals surface area contributed by atoms with Gasteiger partial charge >= 0.3 is 6.16 Å². The summed E-state index contributed by atoms with van der Waals surface area (Å²) in [5.41, 5.74) is 0.515. The number of hydroxylamine groups is 2. The van der Waals surface area contributed by atoms with Crippen molar-refractivity contribution in [3.8, 4) is 0 Å². The van der Waals surface area contributed by atoms with Crippen molar-refractivity contribution < 1.29 is 14.4 Å². The monoisotopic (exact) mass is 295 g/mol. The van der Waals surface area contributed by atoms with Crippen molar-refractivity contribution >= 4 is 6.16 Å². The molecule has 21 heavy (non-hydrogen) atoms. The van der Waals surface area contributed by atoms with Crippen LogP contribution < -0.4 is 0 Å². The highest BCUT2D eigenvalue weighted by Gasteiger charge is 2.26. The van der Waals surface area contributed by atoms with Gasteiger partial charge < -0.3 is 14.1 Å². The van der Waals surface area contributed by atoms with Gasteiger partial charge in [0.2, 0.25) is 0 Å². The molecule has 0 spiro atoms. The highest BCUT2D eigenvalue weighted by Crippen LogP contribution is 2.24. The molecule has 1 aromatic rings. The van der Waals surface area contributed by atoms with E-state index in [1.54, 1.807) is 5.06 Å². The van der Waals surface area contributed by atoms with E-state index in [1.807, 2.05) is 34.6 Å². The molecule has 0 unspecified atom stereocenters. The van der Waals surface area contributed by atoms with Crippen LogP contribution in [0.2, 0.25) is 0 Å². The Balaban J connectivity index is 1.83. The summed E-state index contributed by atoms with van der Waals surface area (Å²) in [5, 5.41) is 1.68. The van der Waals surface area contributed by atoms with E-state index in [4.69, 9.17) is 9.57 Å². The van der Waals surface area contributed by atoms with Crippen LogP contribution in [0.1, 0.15) is 51.2 Å². The Labute approximate surface area is 126 Å². The Bertz CT molecular complexity index is 497. The van der Waals surface area contributed by atoms with Crippen LogP contribution in [0.15, 0.2) is 6.20 Å². The van der Waals surface area contributed by atoms with Crippen molar-refractivity contribution in [3.05, 3.63) is 17.7 Å². The predicted octanol–water partition coefficient (Wildman–Crippen LogP) is 3.00. The van der Waals surface area contributed by atoms with Gasteiger partial charge in [0.1, 0.15) is 11.4 Å². The first kappa shape index (κ1) is 15.8. The minimum Gasteiger partial charge on any atom is -0.427 e. The van der Waals surface area contributed by atoms with Gasteiger partial charge in [-0.05, 0) is 47.5 Å². The standard InChI is InChI=1S/C15H25N3O3/c1-11-10-18(12(2)16-11)13-6-8-17(9-7-13)21-14(19)20-15(3,4)5/h10,13H,6-9H2,1-5H3. The molecule has 0 aromatic carbocycles.